The quantitative estimate of drug-likeness (QED) is 0.293. The Morgan fingerprint density at radius 3 is 2.45 bits per heavy atom. The first-order valence-corrected chi connectivity index (χ1v) is 12.1. The first-order valence-electron chi connectivity index (χ1n) is 12.1. The van der Waals surface area contributed by atoms with Crippen LogP contribution in [-0.4, -0.2) is 35.6 Å². The summed E-state index contributed by atoms with van der Waals surface area (Å²) in [4.78, 5) is 15.0. The van der Waals surface area contributed by atoms with Crippen LogP contribution in [0.15, 0.2) is 42.6 Å². The van der Waals surface area contributed by atoms with Crippen LogP contribution in [0.1, 0.15) is 81.5 Å². The van der Waals surface area contributed by atoms with Gasteiger partial charge in [-0.05, 0) is 43.0 Å². The summed E-state index contributed by atoms with van der Waals surface area (Å²) in [5, 5.41) is 0. The minimum Gasteiger partial charge on any atom is -0.385 e. The number of benzene rings is 1. The fourth-order valence-electron chi connectivity index (χ4n) is 4.00. The van der Waals surface area contributed by atoms with E-state index in [2.05, 4.69) is 61.0 Å². The molecule has 4 heteroatoms. The molecule has 172 valence electrons. The van der Waals surface area contributed by atoms with Crippen molar-refractivity contribution in [3.8, 4) is 0 Å². The summed E-state index contributed by atoms with van der Waals surface area (Å²) in [6.07, 6.45) is 12.3. The largest absolute Gasteiger partial charge is 0.385 e. The van der Waals surface area contributed by atoms with Gasteiger partial charge in [-0.25, -0.2) is 0 Å². The summed E-state index contributed by atoms with van der Waals surface area (Å²) in [7, 11) is 1.72. The zero-order valence-electron chi connectivity index (χ0n) is 19.9. The number of aromatic nitrogens is 1. The molecule has 0 radical (unpaired) electrons. The predicted molar refractivity (Wildman–Crippen MR) is 129 cm³/mol. The first kappa shape index (κ1) is 25.2. The molecule has 0 aliphatic heterocycles. The smallest absolute Gasteiger partial charge is 0.222 e. The Hall–Kier alpha value is -2.07. The molecule has 0 unspecified atom stereocenters. The highest BCUT2D eigenvalue weighted by atomic mass is 16.5. The van der Waals surface area contributed by atoms with Gasteiger partial charge in [0.05, 0.1) is 6.54 Å². The molecule has 0 aliphatic rings. The number of methoxy groups -OCH3 is 1. The first-order chi connectivity index (χ1) is 15.2. The average molecular weight is 427 g/mol. The number of unbranched alkanes of at least 4 members (excludes halogenated alkanes) is 6. The van der Waals surface area contributed by atoms with Crippen molar-refractivity contribution in [2.45, 2.75) is 84.7 Å². The SMILES string of the molecule is CCCCCCCCCC(=O)N(CCCOC)Cc1cccn1Cc1ccccc1C. The predicted octanol–water partition coefficient (Wildman–Crippen LogP) is 6.35. The fourth-order valence-corrected chi connectivity index (χ4v) is 4.00. The molecule has 0 bridgehead atoms. The molecule has 0 atom stereocenters. The van der Waals surface area contributed by atoms with E-state index in [1.54, 1.807) is 7.11 Å². The van der Waals surface area contributed by atoms with E-state index in [1.165, 1.54) is 48.9 Å². The van der Waals surface area contributed by atoms with E-state index in [4.69, 9.17) is 4.74 Å². The van der Waals surface area contributed by atoms with Gasteiger partial charge in [-0.15, -0.1) is 0 Å². The zero-order chi connectivity index (χ0) is 22.3. The van der Waals surface area contributed by atoms with Crippen LogP contribution in [0.5, 0.6) is 0 Å². The van der Waals surface area contributed by atoms with Crippen LogP contribution >= 0.6 is 0 Å². The lowest BCUT2D eigenvalue weighted by Crippen LogP contribution is -2.32. The second-order valence-electron chi connectivity index (χ2n) is 8.59. The summed E-state index contributed by atoms with van der Waals surface area (Å²) in [6.45, 7) is 7.34. The van der Waals surface area contributed by atoms with Gasteiger partial charge in [0, 0.05) is 45.1 Å². The highest BCUT2D eigenvalue weighted by Gasteiger charge is 2.15. The molecule has 0 fully saturated rings. The van der Waals surface area contributed by atoms with E-state index in [-0.39, 0.29) is 5.91 Å². The highest BCUT2D eigenvalue weighted by Crippen LogP contribution is 2.15. The van der Waals surface area contributed by atoms with Crippen molar-refractivity contribution in [2.75, 3.05) is 20.3 Å². The topological polar surface area (TPSA) is 34.5 Å². The summed E-state index contributed by atoms with van der Waals surface area (Å²) in [5.41, 5.74) is 3.81. The number of hydrogen-bond donors (Lipinski definition) is 0. The maximum atomic E-state index is 13.0. The number of hydrogen-bond acceptors (Lipinski definition) is 2. The summed E-state index contributed by atoms with van der Waals surface area (Å²) in [5.74, 6) is 0.272. The summed E-state index contributed by atoms with van der Waals surface area (Å²) in [6, 6.07) is 12.7. The van der Waals surface area contributed by atoms with Gasteiger partial charge in [-0.3, -0.25) is 4.79 Å². The minimum atomic E-state index is 0.272. The Morgan fingerprint density at radius 1 is 0.968 bits per heavy atom. The molecule has 2 aromatic rings. The standard InChI is InChI=1S/C27H42N2O2/c1-4-5-6-7-8-9-10-18-27(30)29(20-14-21-31-3)23-26-17-13-19-28(26)22-25-16-12-11-15-24(25)2/h11-13,15-17,19H,4-10,14,18,20-23H2,1-3H3. The molecule has 1 aromatic heterocycles. The second kappa shape index (κ2) is 14.9. The Balaban J connectivity index is 1.92. The lowest BCUT2D eigenvalue weighted by atomic mass is 10.1. The normalized spacial score (nSPS) is 11.1. The second-order valence-corrected chi connectivity index (χ2v) is 8.59. The van der Waals surface area contributed by atoms with Crippen LogP contribution in [0, 0.1) is 6.92 Å². The van der Waals surface area contributed by atoms with Gasteiger partial charge in [-0.1, -0.05) is 69.7 Å². The van der Waals surface area contributed by atoms with Gasteiger partial charge in [-0.2, -0.15) is 0 Å². The van der Waals surface area contributed by atoms with Gasteiger partial charge in [0.1, 0.15) is 0 Å². The van der Waals surface area contributed by atoms with Gasteiger partial charge in [0.2, 0.25) is 5.91 Å². The van der Waals surface area contributed by atoms with Crippen LogP contribution in [0.4, 0.5) is 0 Å². The third kappa shape index (κ3) is 9.30. The maximum Gasteiger partial charge on any atom is 0.222 e. The lowest BCUT2D eigenvalue weighted by Gasteiger charge is -2.24. The number of aryl methyl sites for hydroxylation is 1. The van der Waals surface area contributed by atoms with Crippen molar-refractivity contribution in [1.29, 1.82) is 0 Å². The molecule has 0 aliphatic carbocycles. The van der Waals surface area contributed by atoms with Crippen molar-refractivity contribution in [1.82, 2.24) is 9.47 Å². The molecule has 1 heterocycles. The molecule has 1 aromatic carbocycles. The molecule has 0 saturated heterocycles. The van der Waals surface area contributed by atoms with Gasteiger partial charge in [0.25, 0.3) is 0 Å². The molecule has 31 heavy (non-hydrogen) atoms. The molecule has 4 nitrogen and oxygen atoms in total. The number of carbonyl (C=O) groups excluding carboxylic acids is 1. The highest BCUT2D eigenvalue weighted by molar-refractivity contribution is 5.76. The molecular weight excluding hydrogens is 384 g/mol. The third-order valence-corrected chi connectivity index (χ3v) is 6.00. The summed E-state index contributed by atoms with van der Waals surface area (Å²) >= 11 is 0. The maximum absolute atomic E-state index is 13.0. The molecule has 0 N–H and O–H groups in total. The van der Waals surface area contributed by atoms with E-state index in [9.17, 15) is 4.79 Å². The number of carbonyl (C=O) groups is 1. The Labute approximate surface area is 189 Å². The van der Waals surface area contributed by atoms with Gasteiger partial charge < -0.3 is 14.2 Å². The van der Waals surface area contributed by atoms with E-state index in [1.807, 2.05) is 4.90 Å². The number of nitrogens with zero attached hydrogens (tertiary/aromatic N) is 2. The minimum absolute atomic E-state index is 0.272. The fraction of sp³-hybridized carbons (Fsp3) is 0.593. The van der Waals surface area contributed by atoms with Crippen molar-refractivity contribution in [3.05, 3.63) is 59.4 Å². The van der Waals surface area contributed by atoms with E-state index >= 15 is 0 Å². The Kier molecular flexibility index (Phi) is 12.1. The third-order valence-electron chi connectivity index (χ3n) is 6.00. The van der Waals surface area contributed by atoms with Crippen molar-refractivity contribution in [2.24, 2.45) is 0 Å². The Bertz CT molecular complexity index is 753. The number of rotatable bonds is 16. The average Bonchev–Trinajstić information content (AvgIpc) is 3.20. The molecule has 0 saturated carbocycles. The molecule has 2 rings (SSSR count). The number of amides is 1. The monoisotopic (exact) mass is 426 g/mol. The molecule has 1 amide bonds. The van der Waals surface area contributed by atoms with Crippen molar-refractivity contribution < 1.29 is 9.53 Å². The number of ether oxygens (including phenoxy) is 1. The van der Waals surface area contributed by atoms with E-state index in [0.29, 0.717) is 19.6 Å². The van der Waals surface area contributed by atoms with Gasteiger partial charge in [0.15, 0.2) is 0 Å². The van der Waals surface area contributed by atoms with Crippen LogP contribution in [0.3, 0.4) is 0 Å². The zero-order valence-corrected chi connectivity index (χ0v) is 19.9. The van der Waals surface area contributed by atoms with Crippen LogP contribution in [0.25, 0.3) is 0 Å². The van der Waals surface area contributed by atoms with Crippen molar-refractivity contribution in [3.63, 3.8) is 0 Å². The van der Waals surface area contributed by atoms with Crippen LogP contribution in [-0.2, 0) is 22.6 Å². The molecule has 0 spiro atoms. The van der Waals surface area contributed by atoms with Crippen molar-refractivity contribution >= 4 is 5.91 Å². The van der Waals surface area contributed by atoms with E-state index < -0.39 is 0 Å². The Morgan fingerprint density at radius 2 is 1.71 bits per heavy atom. The van der Waals surface area contributed by atoms with Crippen LogP contribution < -0.4 is 0 Å². The molecular formula is C27H42N2O2. The summed E-state index contributed by atoms with van der Waals surface area (Å²) < 4.78 is 7.50. The van der Waals surface area contributed by atoms with Crippen LogP contribution in [0.2, 0.25) is 0 Å². The van der Waals surface area contributed by atoms with E-state index in [0.717, 1.165) is 32.4 Å². The lowest BCUT2D eigenvalue weighted by molar-refractivity contribution is -0.132. The van der Waals surface area contributed by atoms with Gasteiger partial charge >= 0.3 is 0 Å².